The number of rotatable bonds is 6. The lowest BCUT2D eigenvalue weighted by atomic mass is 9.87. The molecule has 0 bridgehead atoms. The fourth-order valence-corrected chi connectivity index (χ4v) is 3.89. The number of nitrogens with one attached hydrogen (secondary N) is 2. The molecule has 0 saturated heterocycles. The number of likely N-dealkylation sites (N-methyl/N-ethyl adjacent to an activating group) is 2. The molecule has 0 heterocycles. The molecule has 2 amide bonds. The van der Waals surface area contributed by atoms with E-state index in [1.165, 1.54) is 11.1 Å². The van der Waals surface area contributed by atoms with Crippen LogP contribution in [-0.4, -0.2) is 43.9 Å². The average molecular weight is 401 g/mol. The highest BCUT2D eigenvalue weighted by atomic mass is 35.5. The minimum Gasteiger partial charge on any atom is -0.334 e. The molecule has 2 aromatic carbocycles. The second-order valence-corrected chi connectivity index (χ2v) is 7.91. The van der Waals surface area contributed by atoms with Gasteiger partial charge in [-0.25, -0.2) is 0 Å². The summed E-state index contributed by atoms with van der Waals surface area (Å²) in [6.45, 7) is 0.507. The van der Waals surface area contributed by atoms with Crippen LogP contribution in [0.4, 0.5) is 5.69 Å². The predicted molar refractivity (Wildman–Crippen MR) is 112 cm³/mol. The molecule has 6 heteroatoms. The minimum atomic E-state index is -0.127. The lowest BCUT2D eigenvalue weighted by Gasteiger charge is -2.33. The molecule has 1 unspecified atom stereocenters. The van der Waals surface area contributed by atoms with Gasteiger partial charge in [-0.3, -0.25) is 9.59 Å². The monoisotopic (exact) mass is 400 g/mol. The van der Waals surface area contributed by atoms with Crippen molar-refractivity contribution in [1.82, 2.24) is 4.90 Å². The lowest BCUT2D eigenvalue weighted by Crippen LogP contribution is -3.11. The Morgan fingerprint density at radius 1 is 1.14 bits per heavy atom. The van der Waals surface area contributed by atoms with E-state index < -0.39 is 0 Å². The number of nitrogens with zero attached hydrogens (tertiary/aromatic N) is 1. The molecule has 0 spiro atoms. The zero-order valence-corrected chi connectivity index (χ0v) is 17.1. The molecule has 28 heavy (non-hydrogen) atoms. The smallest absolute Gasteiger partial charge is 0.279 e. The molecule has 0 aliphatic heterocycles. The number of quaternary nitrogens is 1. The van der Waals surface area contributed by atoms with Crippen molar-refractivity contribution >= 4 is 29.1 Å². The summed E-state index contributed by atoms with van der Waals surface area (Å²) in [5.74, 6) is -0.0724. The molecular formula is C22H27ClN3O2+. The summed E-state index contributed by atoms with van der Waals surface area (Å²) < 4.78 is 0. The average Bonchev–Trinajstić information content (AvgIpc) is 2.68. The summed E-state index contributed by atoms with van der Waals surface area (Å²) in [4.78, 5) is 27.7. The number of halogens is 1. The number of hydrogen-bond acceptors (Lipinski definition) is 2. The van der Waals surface area contributed by atoms with Gasteiger partial charge in [0.2, 0.25) is 0 Å². The molecule has 1 aliphatic rings. The maximum absolute atomic E-state index is 12.8. The van der Waals surface area contributed by atoms with Crippen LogP contribution in [-0.2, 0) is 16.0 Å². The maximum Gasteiger partial charge on any atom is 0.279 e. The summed E-state index contributed by atoms with van der Waals surface area (Å²) in [7, 11) is 3.73. The van der Waals surface area contributed by atoms with E-state index in [4.69, 9.17) is 11.6 Å². The Morgan fingerprint density at radius 2 is 1.86 bits per heavy atom. The van der Waals surface area contributed by atoms with Crippen molar-refractivity contribution in [3.8, 4) is 0 Å². The minimum absolute atomic E-state index is 0.0542. The quantitative estimate of drug-likeness (QED) is 0.782. The molecule has 148 valence electrons. The van der Waals surface area contributed by atoms with Gasteiger partial charge in [-0.15, -0.1) is 0 Å². The first-order valence-electron chi connectivity index (χ1n) is 9.64. The third-order valence-electron chi connectivity index (χ3n) is 5.24. The van der Waals surface area contributed by atoms with Gasteiger partial charge in [-0.05, 0) is 54.7 Å². The van der Waals surface area contributed by atoms with E-state index in [-0.39, 0.29) is 30.9 Å². The molecule has 5 nitrogen and oxygen atoms in total. The lowest BCUT2D eigenvalue weighted by molar-refractivity contribution is -0.862. The van der Waals surface area contributed by atoms with Crippen LogP contribution in [0.25, 0.3) is 0 Å². The van der Waals surface area contributed by atoms with Crippen LogP contribution in [0, 0.1) is 0 Å². The largest absolute Gasteiger partial charge is 0.334 e. The Morgan fingerprint density at radius 3 is 2.61 bits per heavy atom. The van der Waals surface area contributed by atoms with Gasteiger partial charge in [-0.1, -0.05) is 35.9 Å². The SMILES string of the molecule is CN(C(=O)C[NH+](C)CC(=O)Nc1ccc(Cl)cc1)[C@@H]1CCCc2ccccc21. The first-order valence-corrected chi connectivity index (χ1v) is 10.0. The second kappa shape index (κ2) is 9.22. The van der Waals surface area contributed by atoms with Crippen LogP contribution in [0.2, 0.25) is 5.02 Å². The van der Waals surface area contributed by atoms with Crippen molar-refractivity contribution in [2.24, 2.45) is 0 Å². The van der Waals surface area contributed by atoms with Crippen molar-refractivity contribution in [3.05, 3.63) is 64.7 Å². The topological polar surface area (TPSA) is 53.9 Å². The highest BCUT2D eigenvalue weighted by Crippen LogP contribution is 2.33. The van der Waals surface area contributed by atoms with Gasteiger partial charge in [0, 0.05) is 17.8 Å². The van der Waals surface area contributed by atoms with Crippen LogP contribution in [0.15, 0.2) is 48.5 Å². The van der Waals surface area contributed by atoms with E-state index in [0.29, 0.717) is 10.7 Å². The van der Waals surface area contributed by atoms with Gasteiger partial charge in [0.1, 0.15) is 0 Å². The van der Waals surface area contributed by atoms with Crippen LogP contribution >= 0.6 is 11.6 Å². The number of carbonyl (C=O) groups excluding carboxylic acids is 2. The third kappa shape index (κ3) is 5.12. The van der Waals surface area contributed by atoms with Crippen LogP contribution in [0.3, 0.4) is 0 Å². The normalized spacial score (nSPS) is 16.8. The van der Waals surface area contributed by atoms with E-state index in [1.807, 2.05) is 25.1 Å². The Labute approximate surface area is 171 Å². The number of anilines is 1. The molecule has 0 saturated carbocycles. The Hall–Kier alpha value is -2.37. The van der Waals surface area contributed by atoms with Gasteiger partial charge in [0.15, 0.2) is 13.1 Å². The zero-order valence-electron chi connectivity index (χ0n) is 16.4. The van der Waals surface area contributed by atoms with Crippen molar-refractivity contribution in [1.29, 1.82) is 0 Å². The molecule has 0 radical (unpaired) electrons. The van der Waals surface area contributed by atoms with Gasteiger partial charge in [-0.2, -0.15) is 0 Å². The van der Waals surface area contributed by atoms with E-state index in [1.54, 1.807) is 24.3 Å². The molecule has 1 aliphatic carbocycles. The van der Waals surface area contributed by atoms with E-state index in [2.05, 4.69) is 23.5 Å². The van der Waals surface area contributed by atoms with Gasteiger partial charge in [0.05, 0.1) is 13.1 Å². The fraction of sp³-hybridized carbons (Fsp3) is 0.364. The molecule has 2 aromatic rings. The van der Waals surface area contributed by atoms with E-state index in [0.717, 1.165) is 24.2 Å². The van der Waals surface area contributed by atoms with Crippen molar-refractivity contribution in [2.45, 2.75) is 25.3 Å². The Balaban J connectivity index is 1.54. The maximum atomic E-state index is 12.8. The number of fused-ring (bicyclic) bond motifs is 1. The first kappa shape index (κ1) is 20.4. The van der Waals surface area contributed by atoms with Crippen LogP contribution in [0.1, 0.15) is 30.0 Å². The number of aryl methyl sites for hydroxylation is 1. The summed E-state index contributed by atoms with van der Waals surface area (Å²) in [5.41, 5.74) is 3.29. The molecule has 0 aromatic heterocycles. The summed E-state index contributed by atoms with van der Waals surface area (Å²) >= 11 is 5.86. The predicted octanol–water partition coefficient (Wildman–Crippen LogP) is 2.33. The van der Waals surface area contributed by atoms with Gasteiger partial charge in [0.25, 0.3) is 11.8 Å². The highest BCUT2D eigenvalue weighted by molar-refractivity contribution is 6.30. The van der Waals surface area contributed by atoms with Gasteiger partial charge >= 0.3 is 0 Å². The molecular weight excluding hydrogens is 374 g/mol. The summed E-state index contributed by atoms with van der Waals surface area (Å²) in [6.07, 6.45) is 3.14. The molecule has 0 fully saturated rings. The van der Waals surface area contributed by atoms with Crippen molar-refractivity contribution in [2.75, 3.05) is 32.5 Å². The first-order chi connectivity index (χ1) is 13.4. The molecule has 3 rings (SSSR count). The van der Waals surface area contributed by atoms with E-state index in [9.17, 15) is 9.59 Å². The van der Waals surface area contributed by atoms with Crippen LogP contribution in [0.5, 0.6) is 0 Å². The molecule has 2 N–H and O–H groups in total. The van der Waals surface area contributed by atoms with E-state index >= 15 is 0 Å². The number of hydrogen-bond donors (Lipinski definition) is 2. The number of carbonyl (C=O) groups is 2. The second-order valence-electron chi connectivity index (χ2n) is 7.48. The summed E-state index contributed by atoms with van der Waals surface area (Å²) in [6, 6.07) is 15.5. The standard InChI is InChI=1S/C22H26ClN3O2/c1-25(14-21(27)24-18-12-10-17(23)11-13-18)15-22(28)26(2)20-9-5-7-16-6-3-4-8-19(16)20/h3-4,6,8,10-13,20H,5,7,9,14-15H2,1-2H3,(H,24,27)/p+1/t20-/m1/s1. The third-order valence-corrected chi connectivity index (χ3v) is 5.49. The highest BCUT2D eigenvalue weighted by Gasteiger charge is 2.28. The van der Waals surface area contributed by atoms with Gasteiger partial charge < -0.3 is 15.1 Å². The summed E-state index contributed by atoms with van der Waals surface area (Å²) in [5, 5.41) is 3.46. The van der Waals surface area contributed by atoms with Crippen molar-refractivity contribution < 1.29 is 14.5 Å². The number of amides is 2. The molecule has 2 atom stereocenters. The van der Waals surface area contributed by atoms with Crippen molar-refractivity contribution in [3.63, 3.8) is 0 Å². The zero-order chi connectivity index (χ0) is 20.1. The van der Waals surface area contributed by atoms with Crippen LogP contribution < -0.4 is 10.2 Å². The number of benzene rings is 2. The fourth-order valence-electron chi connectivity index (χ4n) is 3.76. The Bertz CT molecular complexity index is 838. The Kier molecular flexibility index (Phi) is 6.70.